The first-order valence-corrected chi connectivity index (χ1v) is 5.48. The van der Waals surface area contributed by atoms with E-state index in [1.165, 1.54) is 12.1 Å². The summed E-state index contributed by atoms with van der Waals surface area (Å²) in [5, 5.41) is -0.0750. The number of pyridine rings is 1. The summed E-state index contributed by atoms with van der Waals surface area (Å²) in [6.45, 7) is 3.87. The number of carbonyl (C=O) groups excluding carboxylic acids is 2. The van der Waals surface area contributed by atoms with Gasteiger partial charge in [0, 0.05) is 0 Å². The monoisotopic (exact) mass is 257 g/mol. The minimum atomic E-state index is -0.579. The molecule has 1 rings (SSSR count). The smallest absolute Gasteiger partial charge is 0.356 e. The third-order valence-corrected chi connectivity index (χ3v) is 2.12. The molecule has 1 aromatic rings. The van der Waals surface area contributed by atoms with E-state index in [0.717, 1.165) is 0 Å². The number of halogens is 1. The van der Waals surface area contributed by atoms with E-state index in [4.69, 9.17) is 21.1 Å². The van der Waals surface area contributed by atoms with Gasteiger partial charge in [0.25, 0.3) is 0 Å². The van der Waals surface area contributed by atoms with Crippen molar-refractivity contribution in [3.63, 3.8) is 0 Å². The lowest BCUT2D eigenvalue weighted by molar-refractivity contribution is 0.0506. The fraction of sp³-hybridized carbons (Fsp3) is 0.364. The summed E-state index contributed by atoms with van der Waals surface area (Å²) in [5.41, 5.74) is 0.187. The van der Waals surface area contributed by atoms with Crippen LogP contribution in [0.25, 0.3) is 0 Å². The Morgan fingerprint density at radius 1 is 1.18 bits per heavy atom. The Bertz CT molecular complexity index is 433. The van der Waals surface area contributed by atoms with E-state index in [1.807, 2.05) is 0 Å². The molecule has 1 heterocycles. The molecule has 17 heavy (non-hydrogen) atoms. The van der Waals surface area contributed by atoms with Crippen molar-refractivity contribution in [2.45, 2.75) is 13.8 Å². The van der Waals surface area contributed by atoms with Gasteiger partial charge in [0.2, 0.25) is 0 Å². The molecular weight excluding hydrogens is 246 g/mol. The van der Waals surface area contributed by atoms with E-state index >= 15 is 0 Å². The number of ether oxygens (including phenoxy) is 2. The third-order valence-electron chi connectivity index (χ3n) is 1.83. The Labute approximate surface area is 104 Å². The lowest BCUT2D eigenvalue weighted by Crippen LogP contribution is -2.11. The number of aromatic nitrogens is 1. The van der Waals surface area contributed by atoms with Crippen LogP contribution in [0.15, 0.2) is 12.1 Å². The summed E-state index contributed by atoms with van der Waals surface area (Å²) in [7, 11) is 0. The van der Waals surface area contributed by atoms with Gasteiger partial charge in [0.05, 0.1) is 18.8 Å². The Kier molecular flexibility index (Phi) is 4.90. The van der Waals surface area contributed by atoms with Gasteiger partial charge < -0.3 is 9.47 Å². The Morgan fingerprint density at radius 3 is 2.29 bits per heavy atom. The first-order valence-electron chi connectivity index (χ1n) is 5.10. The largest absolute Gasteiger partial charge is 0.462 e. The predicted octanol–water partition coefficient (Wildman–Crippen LogP) is 2.09. The van der Waals surface area contributed by atoms with Gasteiger partial charge in [0.1, 0.15) is 10.8 Å². The van der Waals surface area contributed by atoms with Crippen LogP contribution in [0, 0.1) is 0 Å². The van der Waals surface area contributed by atoms with E-state index in [2.05, 4.69) is 4.98 Å². The molecule has 0 saturated heterocycles. The van der Waals surface area contributed by atoms with Crippen LogP contribution in [0.4, 0.5) is 0 Å². The number of nitrogens with zero attached hydrogens (tertiary/aromatic N) is 1. The minimum absolute atomic E-state index is 0.0601. The number of rotatable bonds is 4. The molecule has 1 aromatic heterocycles. The Morgan fingerprint density at radius 2 is 1.76 bits per heavy atom. The van der Waals surface area contributed by atoms with Crippen molar-refractivity contribution in [1.29, 1.82) is 0 Å². The summed E-state index contributed by atoms with van der Waals surface area (Å²) in [6, 6.07) is 2.76. The molecule has 0 fully saturated rings. The SMILES string of the molecule is CCOC(=O)c1ccc(C(=O)OCC)c(Cl)n1. The van der Waals surface area contributed by atoms with Crippen molar-refractivity contribution in [1.82, 2.24) is 4.98 Å². The molecule has 0 aliphatic heterocycles. The van der Waals surface area contributed by atoms with Crippen molar-refractivity contribution in [3.05, 3.63) is 28.5 Å². The zero-order valence-corrected chi connectivity index (χ0v) is 10.3. The van der Waals surface area contributed by atoms with Crippen LogP contribution in [-0.4, -0.2) is 30.1 Å². The molecule has 6 heteroatoms. The van der Waals surface area contributed by atoms with Crippen molar-refractivity contribution in [3.8, 4) is 0 Å². The second-order valence-corrected chi connectivity index (χ2v) is 3.33. The fourth-order valence-electron chi connectivity index (χ4n) is 1.11. The zero-order valence-electron chi connectivity index (χ0n) is 9.53. The number of esters is 2. The average molecular weight is 258 g/mol. The fourth-order valence-corrected chi connectivity index (χ4v) is 1.35. The van der Waals surface area contributed by atoms with Crippen LogP contribution >= 0.6 is 11.6 Å². The maximum Gasteiger partial charge on any atom is 0.356 e. The molecule has 0 spiro atoms. The molecule has 0 aromatic carbocycles. The maximum atomic E-state index is 11.4. The Hall–Kier alpha value is -1.62. The highest BCUT2D eigenvalue weighted by Crippen LogP contribution is 2.15. The molecule has 0 aliphatic rings. The van der Waals surface area contributed by atoms with E-state index in [0.29, 0.717) is 0 Å². The van der Waals surface area contributed by atoms with Gasteiger partial charge in [-0.1, -0.05) is 11.6 Å². The number of carbonyl (C=O) groups is 2. The Balaban J connectivity index is 2.93. The van der Waals surface area contributed by atoms with Crippen molar-refractivity contribution in [2.75, 3.05) is 13.2 Å². The molecule has 92 valence electrons. The number of hydrogen-bond donors (Lipinski definition) is 0. The zero-order chi connectivity index (χ0) is 12.8. The summed E-state index contributed by atoms with van der Waals surface area (Å²) in [4.78, 5) is 26.5. The maximum absolute atomic E-state index is 11.4. The van der Waals surface area contributed by atoms with E-state index in [9.17, 15) is 9.59 Å². The summed E-state index contributed by atoms with van der Waals surface area (Å²) < 4.78 is 9.53. The molecule has 0 bridgehead atoms. The van der Waals surface area contributed by atoms with Gasteiger partial charge >= 0.3 is 11.9 Å². The molecule has 0 saturated carbocycles. The molecule has 0 N–H and O–H groups in total. The molecule has 5 nitrogen and oxygen atoms in total. The molecule has 0 radical (unpaired) electrons. The first kappa shape index (κ1) is 13.4. The van der Waals surface area contributed by atoms with Gasteiger partial charge in [-0.15, -0.1) is 0 Å². The lowest BCUT2D eigenvalue weighted by Gasteiger charge is -2.05. The van der Waals surface area contributed by atoms with Gasteiger partial charge in [-0.05, 0) is 26.0 Å². The van der Waals surface area contributed by atoms with Crippen LogP contribution in [0.2, 0.25) is 5.15 Å². The standard InChI is InChI=1S/C11H12ClNO4/c1-3-16-10(14)7-5-6-8(13-9(7)12)11(15)17-4-2/h5-6H,3-4H2,1-2H3. The summed E-state index contributed by atoms with van der Waals surface area (Å²) >= 11 is 5.78. The average Bonchev–Trinajstić information content (AvgIpc) is 2.29. The third kappa shape index (κ3) is 3.42. The summed E-state index contributed by atoms with van der Waals surface area (Å²) in [5.74, 6) is -1.15. The molecular formula is C11H12ClNO4. The van der Waals surface area contributed by atoms with Crippen molar-refractivity contribution < 1.29 is 19.1 Å². The van der Waals surface area contributed by atoms with Gasteiger partial charge in [-0.3, -0.25) is 0 Å². The normalized spacial score (nSPS) is 9.82. The quantitative estimate of drug-likeness (QED) is 0.610. The molecule has 0 atom stereocenters. The molecule has 0 unspecified atom stereocenters. The van der Waals surface area contributed by atoms with E-state index < -0.39 is 11.9 Å². The summed E-state index contributed by atoms with van der Waals surface area (Å²) in [6.07, 6.45) is 0. The predicted molar refractivity (Wildman–Crippen MR) is 61.2 cm³/mol. The first-order chi connectivity index (χ1) is 8.10. The van der Waals surface area contributed by atoms with Crippen molar-refractivity contribution >= 4 is 23.5 Å². The van der Waals surface area contributed by atoms with Gasteiger partial charge in [0.15, 0.2) is 0 Å². The van der Waals surface area contributed by atoms with Crippen LogP contribution in [0.3, 0.4) is 0 Å². The topological polar surface area (TPSA) is 65.5 Å². The van der Waals surface area contributed by atoms with Crippen LogP contribution in [-0.2, 0) is 9.47 Å². The molecule has 0 amide bonds. The number of hydrogen-bond acceptors (Lipinski definition) is 5. The highest BCUT2D eigenvalue weighted by Gasteiger charge is 2.16. The van der Waals surface area contributed by atoms with Crippen LogP contribution < -0.4 is 0 Å². The second-order valence-electron chi connectivity index (χ2n) is 2.98. The van der Waals surface area contributed by atoms with Gasteiger partial charge in [-0.25, -0.2) is 14.6 Å². The highest BCUT2D eigenvalue weighted by molar-refractivity contribution is 6.32. The van der Waals surface area contributed by atoms with Crippen LogP contribution in [0.1, 0.15) is 34.7 Å². The van der Waals surface area contributed by atoms with E-state index in [1.54, 1.807) is 13.8 Å². The lowest BCUT2D eigenvalue weighted by atomic mass is 10.2. The minimum Gasteiger partial charge on any atom is -0.462 e. The second kappa shape index (κ2) is 6.20. The highest BCUT2D eigenvalue weighted by atomic mass is 35.5. The van der Waals surface area contributed by atoms with Crippen molar-refractivity contribution in [2.24, 2.45) is 0 Å². The van der Waals surface area contributed by atoms with Crippen LogP contribution in [0.5, 0.6) is 0 Å². The van der Waals surface area contributed by atoms with E-state index in [-0.39, 0.29) is 29.6 Å². The van der Waals surface area contributed by atoms with Gasteiger partial charge in [-0.2, -0.15) is 0 Å². The molecule has 0 aliphatic carbocycles.